The van der Waals surface area contributed by atoms with E-state index in [0.717, 1.165) is 9.87 Å². The summed E-state index contributed by atoms with van der Waals surface area (Å²) in [4.78, 5) is 29.9. The van der Waals surface area contributed by atoms with Crippen molar-refractivity contribution in [2.75, 3.05) is 17.4 Å². The van der Waals surface area contributed by atoms with E-state index < -0.39 is 28.5 Å². The Labute approximate surface area is 303 Å². The van der Waals surface area contributed by atoms with Crippen LogP contribution in [0.3, 0.4) is 0 Å². The van der Waals surface area contributed by atoms with Gasteiger partial charge in [-0.2, -0.15) is 0 Å². The molecule has 0 aliphatic rings. The normalized spacial score (nSPS) is 11.7. The Bertz CT molecular complexity index is 1980. The first-order valence-electron chi connectivity index (χ1n) is 16.1. The Balaban J connectivity index is 1.55. The van der Waals surface area contributed by atoms with Crippen molar-refractivity contribution in [3.05, 3.63) is 155 Å². The average molecular weight is 731 g/mol. The van der Waals surface area contributed by atoms with Crippen LogP contribution in [0.2, 0.25) is 10.0 Å². The van der Waals surface area contributed by atoms with Crippen molar-refractivity contribution in [1.29, 1.82) is 0 Å². The van der Waals surface area contributed by atoms with E-state index in [1.54, 1.807) is 60.7 Å². The zero-order valence-corrected chi connectivity index (χ0v) is 29.7. The number of amides is 2. The van der Waals surface area contributed by atoms with Gasteiger partial charge in [0.2, 0.25) is 11.8 Å². The zero-order chi connectivity index (χ0) is 35.5. The van der Waals surface area contributed by atoms with E-state index in [-0.39, 0.29) is 34.5 Å². The fraction of sp³-hybridized carbons (Fsp3) is 0.179. The lowest BCUT2D eigenvalue weighted by atomic mass is 10.0. The van der Waals surface area contributed by atoms with Crippen LogP contribution in [-0.2, 0) is 32.6 Å². The van der Waals surface area contributed by atoms with Gasteiger partial charge in [-0.15, -0.1) is 0 Å². The van der Waals surface area contributed by atoms with Crippen LogP contribution in [0, 0.1) is 0 Å². The maximum Gasteiger partial charge on any atom is 0.264 e. The zero-order valence-electron chi connectivity index (χ0n) is 27.4. The summed E-state index contributed by atoms with van der Waals surface area (Å²) in [5.41, 5.74) is 1.69. The SMILES string of the molecule is CCCNC(=O)[C@H](Cc1ccccc1)N(Cc1ccc(Cl)c(Cl)c1)C(=O)CN(c1ccc(Oc2ccccc2)cc1)S(=O)(=O)c1ccccc1. The molecule has 2 amide bonds. The molecule has 0 bridgehead atoms. The molecule has 5 rings (SSSR count). The van der Waals surface area contributed by atoms with Gasteiger partial charge in [0.25, 0.3) is 10.0 Å². The summed E-state index contributed by atoms with van der Waals surface area (Å²) in [6.07, 6.45) is 0.887. The third-order valence-corrected chi connectivity index (χ3v) is 10.4. The monoisotopic (exact) mass is 729 g/mol. The molecular formula is C39H37Cl2N3O5S. The van der Waals surface area contributed by atoms with Gasteiger partial charge in [-0.3, -0.25) is 13.9 Å². The quantitative estimate of drug-likeness (QED) is 0.117. The molecule has 5 aromatic carbocycles. The van der Waals surface area contributed by atoms with Crippen molar-refractivity contribution in [3.63, 3.8) is 0 Å². The molecule has 0 radical (unpaired) electrons. The summed E-state index contributed by atoms with van der Waals surface area (Å²) in [5.74, 6) is 0.157. The van der Waals surface area contributed by atoms with Gasteiger partial charge in [-0.05, 0) is 78.2 Å². The van der Waals surface area contributed by atoms with Crippen LogP contribution in [0.25, 0.3) is 0 Å². The minimum atomic E-state index is -4.25. The van der Waals surface area contributed by atoms with Gasteiger partial charge in [0, 0.05) is 19.5 Å². The van der Waals surface area contributed by atoms with Gasteiger partial charge >= 0.3 is 0 Å². The number of carbonyl (C=O) groups excluding carboxylic acids is 2. The van der Waals surface area contributed by atoms with Crippen LogP contribution in [0.15, 0.2) is 138 Å². The number of anilines is 1. The van der Waals surface area contributed by atoms with E-state index >= 15 is 0 Å². The van der Waals surface area contributed by atoms with E-state index in [0.29, 0.717) is 35.1 Å². The lowest BCUT2D eigenvalue weighted by molar-refractivity contribution is -0.140. The number of nitrogens with zero attached hydrogens (tertiary/aromatic N) is 2. The number of benzene rings is 5. The second kappa shape index (κ2) is 17.2. The van der Waals surface area contributed by atoms with Gasteiger partial charge in [0.1, 0.15) is 24.1 Å². The summed E-state index contributed by atoms with van der Waals surface area (Å²) in [6, 6.07) is 36.9. The number of ether oxygens (including phenoxy) is 1. The van der Waals surface area contributed by atoms with Gasteiger partial charge in [0.15, 0.2) is 0 Å². The molecule has 8 nitrogen and oxygen atoms in total. The molecule has 1 atom stereocenters. The van der Waals surface area contributed by atoms with Gasteiger partial charge in [0.05, 0.1) is 20.6 Å². The van der Waals surface area contributed by atoms with Crippen molar-refractivity contribution >= 4 is 50.7 Å². The Kier molecular flexibility index (Phi) is 12.5. The Morgan fingerprint density at radius 3 is 1.96 bits per heavy atom. The van der Waals surface area contributed by atoms with Crippen molar-refractivity contribution < 1.29 is 22.7 Å². The Hall–Kier alpha value is -4.83. The lowest BCUT2D eigenvalue weighted by Crippen LogP contribution is -2.53. The first-order chi connectivity index (χ1) is 24.2. The number of rotatable bonds is 15. The van der Waals surface area contributed by atoms with E-state index in [2.05, 4.69) is 5.32 Å². The molecule has 0 heterocycles. The fourth-order valence-electron chi connectivity index (χ4n) is 5.31. The Morgan fingerprint density at radius 2 is 1.34 bits per heavy atom. The number of carbonyl (C=O) groups is 2. The van der Waals surface area contributed by atoms with Crippen LogP contribution < -0.4 is 14.4 Å². The van der Waals surface area contributed by atoms with E-state index in [1.165, 1.54) is 17.0 Å². The van der Waals surface area contributed by atoms with E-state index in [9.17, 15) is 18.0 Å². The van der Waals surface area contributed by atoms with E-state index in [4.69, 9.17) is 27.9 Å². The molecule has 1 N–H and O–H groups in total. The summed E-state index contributed by atoms with van der Waals surface area (Å²) >= 11 is 12.6. The van der Waals surface area contributed by atoms with Crippen molar-refractivity contribution in [1.82, 2.24) is 10.2 Å². The minimum Gasteiger partial charge on any atom is -0.457 e. The number of halogens is 2. The minimum absolute atomic E-state index is 0.00923. The molecule has 5 aromatic rings. The number of hydrogen-bond donors (Lipinski definition) is 1. The third-order valence-electron chi connectivity index (χ3n) is 7.87. The van der Waals surface area contributed by atoms with Gasteiger partial charge < -0.3 is 15.0 Å². The molecule has 0 fully saturated rings. The summed E-state index contributed by atoms with van der Waals surface area (Å²) in [6.45, 7) is 1.72. The predicted molar refractivity (Wildman–Crippen MR) is 198 cm³/mol. The van der Waals surface area contributed by atoms with Crippen LogP contribution in [0.5, 0.6) is 11.5 Å². The molecule has 0 unspecified atom stereocenters. The molecule has 0 saturated heterocycles. The first-order valence-corrected chi connectivity index (χ1v) is 18.3. The average Bonchev–Trinajstić information content (AvgIpc) is 3.14. The molecule has 0 aromatic heterocycles. The van der Waals surface area contributed by atoms with E-state index in [1.807, 2.05) is 67.6 Å². The van der Waals surface area contributed by atoms with Crippen LogP contribution in [0.4, 0.5) is 5.69 Å². The maximum absolute atomic E-state index is 14.6. The summed E-state index contributed by atoms with van der Waals surface area (Å²) in [5, 5.41) is 3.57. The van der Waals surface area contributed by atoms with Crippen LogP contribution in [-0.4, -0.2) is 44.3 Å². The van der Waals surface area contributed by atoms with Crippen molar-refractivity contribution in [2.24, 2.45) is 0 Å². The van der Waals surface area contributed by atoms with Crippen molar-refractivity contribution in [3.8, 4) is 11.5 Å². The molecular weight excluding hydrogens is 693 g/mol. The largest absolute Gasteiger partial charge is 0.457 e. The number of para-hydroxylation sites is 1. The highest BCUT2D eigenvalue weighted by Gasteiger charge is 2.34. The van der Waals surface area contributed by atoms with Crippen LogP contribution >= 0.6 is 23.2 Å². The molecule has 258 valence electrons. The highest BCUT2D eigenvalue weighted by atomic mass is 35.5. The predicted octanol–water partition coefficient (Wildman–Crippen LogP) is 8.15. The van der Waals surface area contributed by atoms with Crippen LogP contribution in [0.1, 0.15) is 24.5 Å². The topological polar surface area (TPSA) is 96.0 Å². The highest BCUT2D eigenvalue weighted by Crippen LogP contribution is 2.29. The Morgan fingerprint density at radius 1 is 0.740 bits per heavy atom. The fourth-order valence-corrected chi connectivity index (χ4v) is 7.06. The molecule has 50 heavy (non-hydrogen) atoms. The second-order valence-electron chi connectivity index (χ2n) is 11.5. The smallest absolute Gasteiger partial charge is 0.264 e. The number of hydrogen-bond acceptors (Lipinski definition) is 5. The summed E-state index contributed by atoms with van der Waals surface area (Å²) in [7, 11) is -4.25. The molecule has 11 heteroatoms. The summed E-state index contributed by atoms with van der Waals surface area (Å²) < 4.78 is 35.5. The lowest BCUT2D eigenvalue weighted by Gasteiger charge is -2.34. The first kappa shape index (κ1) is 36.5. The van der Waals surface area contributed by atoms with Gasteiger partial charge in [-0.25, -0.2) is 8.42 Å². The van der Waals surface area contributed by atoms with Crippen molar-refractivity contribution in [2.45, 2.75) is 37.2 Å². The molecule has 0 aliphatic heterocycles. The maximum atomic E-state index is 14.6. The highest BCUT2D eigenvalue weighted by molar-refractivity contribution is 7.92. The number of nitrogens with one attached hydrogen (secondary N) is 1. The third kappa shape index (κ3) is 9.44. The molecule has 0 spiro atoms. The standard InChI is InChI=1S/C39H37Cl2N3O5S/c1-2-24-42-39(46)37(26-29-12-6-3-7-13-29)43(27-30-18-23-35(40)36(41)25-30)38(45)28-44(50(47,48)34-16-10-5-11-17-34)31-19-21-33(22-20-31)49-32-14-8-4-9-15-32/h3-23,25,37H,2,24,26-28H2,1H3,(H,42,46)/t37-/m0/s1. The van der Waals surface area contributed by atoms with Gasteiger partial charge in [-0.1, -0.05) is 103 Å². The molecule has 0 saturated carbocycles. The molecule has 0 aliphatic carbocycles. The number of sulfonamides is 1. The second-order valence-corrected chi connectivity index (χ2v) is 14.2.